The van der Waals surface area contributed by atoms with E-state index >= 15 is 0 Å². The molecule has 0 spiro atoms. The number of nitriles is 1. The Kier molecular flexibility index (Phi) is 6.68. The number of thiophene rings is 1. The molecule has 2 aromatic heterocycles. The van der Waals surface area contributed by atoms with E-state index in [1.165, 1.54) is 16.6 Å². The standard InChI is InChI=1S/C24H26N4O2S2/c1-14-5-7-16(3)18(11-14)28-23(30)21-17-8-6-15(2)12-19(17)32-22(21)27-24(28)31-13-20(29)26-10-4-9-25/h5,7,11,15H,4,6,8,10,12-13H2,1-3H3,(H,26,29). The van der Waals surface area contributed by atoms with Gasteiger partial charge in [-0.05, 0) is 61.8 Å². The van der Waals surface area contributed by atoms with E-state index in [-0.39, 0.29) is 23.6 Å². The van der Waals surface area contributed by atoms with Crippen molar-refractivity contribution < 1.29 is 4.79 Å². The van der Waals surface area contributed by atoms with E-state index in [1.54, 1.807) is 15.9 Å². The molecule has 1 amide bonds. The molecule has 166 valence electrons. The van der Waals surface area contributed by atoms with Gasteiger partial charge in [0.1, 0.15) is 4.83 Å². The fraction of sp³-hybridized carbons (Fsp3) is 0.417. The van der Waals surface area contributed by atoms with Crippen LogP contribution in [0, 0.1) is 31.1 Å². The number of benzene rings is 1. The molecular weight excluding hydrogens is 440 g/mol. The Bertz CT molecular complexity index is 1290. The van der Waals surface area contributed by atoms with Gasteiger partial charge in [0.15, 0.2) is 5.16 Å². The SMILES string of the molecule is Cc1ccc(C)c(-n2c(SCC(=O)NCCC#N)nc3sc4c(c3c2=O)CCC(C)C4)c1. The van der Waals surface area contributed by atoms with E-state index in [4.69, 9.17) is 10.2 Å². The Labute approximate surface area is 195 Å². The van der Waals surface area contributed by atoms with Crippen LogP contribution in [-0.4, -0.2) is 27.8 Å². The molecule has 0 fully saturated rings. The van der Waals surface area contributed by atoms with Crippen molar-refractivity contribution >= 4 is 39.2 Å². The maximum absolute atomic E-state index is 13.9. The number of carbonyl (C=O) groups is 1. The fourth-order valence-electron chi connectivity index (χ4n) is 4.08. The number of nitrogens with zero attached hydrogens (tertiary/aromatic N) is 3. The smallest absolute Gasteiger partial charge is 0.267 e. The summed E-state index contributed by atoms with van der Waals surface area (Å²) in [4.78, 5) is 33.0. The molecule has 0 saturated heterocycles. The number of aryl methyl sites for hydroxylation is 3. The second-order valence-electron chi connectivity index (χ2n) is 8.40. The number of hydrogen-bond acceptors (Lipinski definition) is 6. The number of amides is 1. The van der Waals surface area contributed by atoms with Crippen molar-refractivity contribution in [2.45, 2.75) is 51.6 Å². The summed E-state index contributed by atoms with van der Waals surface area (Å²) in [6, 6.07) is 8.05. The third-order valence-electron chi connectivity index (χ3n) is 5.80. The van der Waals surface area contributed by atoms with Gasteiger partial charge in [0.2, 0.25) is 5.91 Å². The minimum Gasteiger partial charge on any atom is -0.354 e. The molecule has 2 heterocycles. The normalized spacial score (nSPS) is 15.4. The lowest BCUT2D eigenvalue weighted by molar-refractivity contribution is -0.118. The molecule has 0 radical (unpaired) electrons. The minimum atomic E-state index is -0.175. The molecule has 1 unspecified atom stereocenters. The topological polar surface area (TPSA) is 87.8 Å². The second-order valence-corrected chi connectivity index (χ2v) is 10.4. The van der Waals surface area contributed by atoms with Crippen molar-refractivity contribution in [1.82, 2.24) is 14.9 Å². The summed E-state index contributed by atoms with van der Waals surface area (Å²) < 4.78 is 1.68. The quantitative estimate of drug-likeness (QED) is 0.332. The lowest BCUT2D eigenvalue weighted by atomic mass is 9.89. The Hall–Kier alpha value is -2.63. The lowest BCUT2D eigenvalue weighted by Crippen LogP contribution is -2.27. The van der Waals surface area contributed by atoms with Crippen molar-refractivity contribution in [3.05, 3.63) is 50.1 Å². The fourth-order valence-corrected chi connectivity index (χ4v) is 6.34. The van der Waals surface area contributed by atoms with Crippen LogP contribution in [0.1, 0.15) is 41.3 Å². The molecule has 4 rings (SSSR count). The summed E-state index contributed by atoms with van der Waals surface area (Å²) in [6.45, 7) is 6.56. The first-order chi connectivity index (χ1) is 15.4. The van der Waals surface area contributed by atoms with Gasteiger partial charge in [-0.2, -0.15) is 5.26 Å². The van der Waals surface area contributed by atoms with Crippen molar-refractivity contribution in [3.63, 3.8) is 0 Å². The van der Waals surface area contributed by atoms with Gasteiger partial charge in [-0.3, -0.25) is 14.2 Å². The molecule has 8 heteroatoms. The highest BCUT2D eigenvalue weighted by atomic mass is 32.2. The molecule has 0 bridgehead atoms. The van der Waals surface area contributed by atoms with Gasteiger partial charge in [0.25, 0.3) is 5.56 Å². The maximum atomic E-state index is 13.9. The van der Waals surface area contributed by atoms with Crippen LogP contribution in [0.4, 0.5) is 0 Å². The van der Waals surface area contributed by atoms with Gasteiger partial charge in [-0.1, -0.05) is 30.8 Å². The van der Waals surface area contributed by atoms with E-state index < -0.39 is 0 Å². The highest BCUT2D eigenvalue weighted by Crippen LogP contribution is 2.37. The van der Waals surface area contributed by atoms with Crippen LogP contribution in [0.25, 0.3) is 15.9 Å². The molecular formula is C24H26N4O2S2. The Balaban J connectivity index is 1.82. The Morgan fingerprint density at radius 3 is 3.00 bits per heavy atom. The van der Waals surface area contributed by atoms with Crippen LogP contribution >= 0.6 is 23.1 Å². The largest absolute Gasteiger partial charge is 0.354 e. The monoisotopic (exact) mass is 466 g/mol. The van der Waals surface area contributed by atoms with Crippen LogP contribution in [0.2, 0.25) is 0 Å². The zero-order valence-electron chi connectivity index (χ0n) is 18.5. The third kappa shape index (κ3) is 4.45. The van der Waals surface area contributed by atoms with Crippen LogP contribution in [0.5, 0.6) is 0 Å². The Morgan fingerprint density at radius 1 is 1.41 bits per heavy atom. The molecule has 1 aliphatic rings. The number of rotatable bonds is 6. The van der Waals surface area contributed by atoms with Crippen molar-refractivity contribution in [2.24, 2.45) is 5.92 Å². The van der Waals surface area contributed by atoms with Crippen LogP contribution < -0.4 is 10.9 Å². The number of nitrogens with one attached hydrogen (secondary N) is 1. The van der Waals surface area contributed by atoms with E-state index in [1.807, 2.05) is 38.1 Å². The van der Waals surface area contributed by atoms with Crippen LogP contribution in [-0.2, 0) is 17.6 Å². The first-order valence-electron chi connectivity index (χ1n) is 10.8. The number of carbonyl (C=O) groups excluding carboxylic acids is 1. The molecule has 0 saturated carbocycles. The summed E-state index contributed by atoms with van der Waals surface area (Å²) in [5.41, 5.74) is 3.95. The van der Waals surface area contributed by atoms with Gasteiger partial charge in [-0.15, -0.1) is 11.3 Å². The number of aromatic nitrogens is 2. The highest BCUT2D eigenvalue weighted by molar-refractivity contribution is 7.99. The average Bonchev–Trinajstić information content (AvgIpc) is 3.12. The van der Waals surface area contributed by atoms with E-state index in [0.717, 1.165) is 51.9 Å². The maximum Gasteiger partial charge on any atom is 0.267 e. The number of hydrogen-bond donors (Lipinski definition) is 1. The summed E-state index contributed by atoms with van der Waals surface area (Å²) in [5.74, 6) is 0.574. The predicted octanol–water partition coefficient (Wildman–Crippen LogP) is 4.31. The molecule has 1 aromatic carbocycles. The first kappa shape index (κ1) is 22.6. The molecule has 1 atom stereocenters. The summed E-state index contributed by atoms with van der Waals surface area (Å²) in [5, 5.41) is 12.7. The van der Waals surface area contributed by atoms with Crippen LogP contribution in [0.15, 0.2) is 28.2 Å². The van der Waals surface area contributed by atoms with Gasteiger partial charge < -0.3 is 5.32 Å². The second kappa shape index (κ2) is 9.47. The van der Waals surface area contributed by atoms with E-state index in [9.17, 15) is 9.59 Å². The summed E-state index contributed by atoms with van der Waals surface area (Å²) in [7, 11) is 0. The van der Waals surface area contributed by atoms with Crippen molar-refractivity contribution in [3.8, 4) is 11.8 Å². The molecule has 1 N–H and O–H groups in total. The number of fused-ring (bicyclic) bond motifs is 3. The van der Waals surface area contributed by atoms with Crippen molar-refractivity contribution in [1.29, 1.82) is 5.26 Å². The lowest BCUT2D eigenvalue weighted by Gasteiger charge is -2.18. The minimum absolute atomic E-state index is 0.0526. The predicted molar refractivity (Wildman–Crippen MR) is 130 cm³/mol. The van der Waals surface area contributed by atoms with Gasteiger partial charge in [0, 0.05) is 11.4 Å². The molecule has 0 aliphatic heterocycles. The van der Waals surface area contributed by atoms with Crippen LogP contribution in [0.3, 0.4) is 0 Å². The summed E-state index contributed by atoms with van der Waals surface area (Å²) in [6.07, 6.45) is 3.26. The average molecular weight is 467 g/mol. The molecule has 1 aliphatic carbocycles. The van der Waals surface area contributed by atoms with Gasteiger partial charge in [-0.25, -0.2) is 4.98 Å². The Morgan fingerprint density at radius 2 is 2.22 bits per heavy atom. The molecule has 6 nitrogen and oxygen atoms in total. The zero-order chi connectivity index (χ0) is 22.8. The van der Waals surface area contributed by atoms with E-state index in [0.29, 0.717) is 17.6 Å². The number of thioether (sulfide) groups is 1. The van der Waals surface area contributed by atoms with Gasteiger partial charge >= 0.3 is 0 Å². The van der Waals surface area contributed by atoms with Gasteiger partial charge in [0.05, 0.1) is 29.3 Å². The zero-order valence-corrected chi connectivity index (χ0v) is 20.2. The highest BCUT2D eigenvalue weighted by Gasteiger charge is 2.25. The first-order valence-corrected chi connectivity index (χ1v) is 12.6. The van der Waals surface area contributed by atoms with Crippen molar-refractivity contribution in [2.75, 3.05) is 12.3 Å². The third-order valence-corrected chi connectivity index (χ3v) is 7.88. The summed E-state index contributed by atoms with van der Waals surface area (Å²) >= 11 is 2.88. The molecule has 3 aromatic rings. The molecule has 32 heavy (non-hydrogen) atoms. The van der Waals surface area contributed by atoms with E-state index in [2.05, 4.69) is 12.2 Å².